The van der Waals surface area contributed by atoms with Gasteiger partial charge in [-0.05, 0) is 50.5 Å². The predicted molar refractivity (Wildman–Crippen MR) is 94.3 cm³/mol. The fourth-order valence-electron chi connectivity index (χ4n) is 3.76. The summed E-state index contributed by atoms with van der Waals surface area (Å²) in [6.45, 7) is 3.57. The van der Waals surface area contributed by atoms with E-state index < -0.39 is 0 Å². The Morgan fingerprint density at radius 1 is 1.24 bits per heavy atom. The number of rotatable bonds is 4. The summed E-state index contributed by atoms with van der Waals surface area (Å²) in [5, 5.41) is 8.41. The van der Waals surface area contributed by atoms with Gasteiger partial charge in [0.05, 0.1) is 12.0 Å². The van der Waals surface area contributed by atoms with E-state index in [1.807, 2.05) is 36.1 Å². The summed E-state index contributed by atoms with van der Waals surface area (Å²) in [6.07, 6.45) is 4.54. The van der Waals surface area contributed by atoms with Gasteiger partial charge in [0.25, 0.3) is 0 Å². The molecule has 6 heteroatoms. The summed E-state index contributed by atoms with van der Waals surface area (Å²) in [7, 11) is 2.06. The average molecular weight is 340 g/mol. The minimum Gasteiger partial charge on any atom is -0.469 e. The van der Waals surface area contributed by atoms with Gasteiger partial charge in [-0.2, -0.15) is 5.10 Å². The van der Waals surface area contributed by atoms with E-state index in [9.17, 15) is 4.79 Å². The highest BCUT2D eigenvalue weighted by Gasteiger charge is 2.47. The molecule has 2 aromatic heterocycles. The predicted octanol–water partition coefficient (Wildman–Crippen LogP) is 2.61. The van der Waals surface area contributed by atoms with Crippen molar-refractivity contribution >= 4 is 11.7 Å². The third-order valence-corrected chi connectivity index (χ3v) is 5.49. The monoisotopic (exact) mass is 340 g/mol. The molecule has 2 fully saturated rings. The molecule has 6 nitrogen and oxygen atoms in total. The molecule has 3 heterocycles. The first-order chi connectivity index (χ1) is 12.1. The largest absolute Gasteiger partial charge is 0.469 e. The minimum atomic E-state index is 0.114. The Kier molecular flexibility index (Phi) is 4.19. The Labute approximate surface area is 147 Å². The van der Waals surface area contributed by atoms with Crippen LogP contribution in [0.2, 0.25) is 0 Å². The molecule has 2 aliphatic rings. The van der Waals surface area contributed by atoms with Crippen LogP contribution in [0.3, 0.4) is 0 Å². The van der Waals surface area contributed by atoms with Crippen molar-refractivity contribution in [1.29, 1.82) is 0 Å². The molecule has 0 aromatic carbocycles. The van der Waals surface area contributed by atoms with Crippen molar-refractivity contribution in [2.24, 2.45) is 5.92 Å². The summed E-state index contributed by atoms with van der Waals surface area (Å²) in [4.78, 5) is 16.9. The molecule has 1 saturated heterocycles. The number of carbonyl (C=O) groups excluding carboxylic acids is 1. The molecule has 1 aliphatic carbocycles. The first-order valence-corrected chi connectivity index (χ1v) is 8.99. The number of furan rings is 1. The Bertz CT molecular complexity index is 720. The van der Waals surface area contributed by atoms with Gasteiger partial charge in [0.1, 0.15) is 5.76 Å². The van der Waals surface area contributed by atoms with E-state index in [1.165, 1.54) is 0 Å². The lowest BCUT2D eigenvalue weighted by atomic mass is 10.0. The van der Waals surface area contributed by atoms with Crippen LogP contribution in [-0.4, -0.2) is 47.2 Å². The van der Waals surface area contributed by atoms with Crippen LogP contribution >= 0.6 is 0 Å². The maximum atomic E-state index is 12.7. The molecular weight excluding hydrogens is 316 g/mol. The van der Waals surface area contributed by atoms with Gasteiger partial charge in [0.2, 0.25) is 5.91 Å². The molecule has 0 spiro atoms. The van der Waals surface area contributed by atoms with Crippen LogP contribution in [0.1, 0.15) is 36.6 Å². The van der Waals surface area contributed by atoms with Gasteiger partial charge >= 0.3 is 0 Å². The number of piperidine rings is 1. The smallest absolute Gasteiger partial charge is 0.226 e. The highest BCUT2D eigenvalue weighted by Crippen LogP contribution is 2.48. The fourth-order valence-corrected chi connectivity index (χ4v) is 3.76. The van der Waals surface area contributed by atoms with Gasteiger partial charge in [0.15, 0.2) is 5.82 Å². The number of anilines is 1. The quantitative estimate of drug-likeness (QED) is 0.856. The number of amides is 1. The fraction of sp³-hybridized carbons (Fsp3) is 0.526. The van der Waals surface area contributed by atoms with E-state index in [-0.39, 0.29) is 17.7 Å². The summed E-state index contributed by atoms with van der Waals surface area (Å²) in [5.74, 6) is 2.54. The Balaban J connectivity index is 1.31. The van der Waals surface area contributed by atoms with Gasteiger partial charge in [-0.3, -0.25) is 4.79 Å². The normalized spacial score (nSPS) is 23.5. The number of hydrogen-bond acceptors (Lipinski definition) is 5. The summed E-state index contributed by atoms with van der Waals surface area (Å²) >= 11 is 0. The number of aryl methyl sites for hydroxylation is 1. The highest BCUT2D eigenvalue weighted by atomic mass is 16.3. The van der Waals surface area contributed by atoms with Crippen LogP contribution in [0, 0.1) is 12.8 Å². The van der Waals surface area contributed by atoms with Crippen LogP contribution < -0.4 is 4.90 Å². The lowest BCUT2D eigenvalue weighted by Crippen LogP contribution is -2.46. The van der Waals surface area contributed by atoms with E-state index in [1.54, 1.807) is 6.26 Å². The van der Waals surface area contributed by atoms with Gasteiger partial charge in [-0.15, -0.1) is 5.10 Å². The van der Waals surface area contributed by atoms with Crippen molar-refractivity contribution < 1.29 is 9.21 Å². The molecule has 2 aromatic rings. The standard InChI is InChI=1S/C19H24N4O2/c1-13-5-6-18(21-20-13)22(2)14-7-9-23(10-8-14)19(24)16-12-15(16)17-4-3-11-25-17/h3-6,11,14-16H,7-10,12H2,1-2H3/t15-,16-/m1/s1. The third kappa shape index (κ3) is 3.25. The first kappa shape index (κ1) is 16.1. The van der Waals surface area contributed by atoms with Gasteiger partial charge in [-0.1, -0.05) is 0 Å². The Morgan fingerprint density at radius 3 is 2.68 bits per heavy atom. The lowest BCUT2D eigenvalue weighted by Gasteiger charge is -2.37. The SMILES string of the molecule is Cc1ccc(N(C)C2CCN(C(=O)[C@@H]3C[C@H]3c3ccco3)CC2)nn1. The van der Waals surface area contributed by atoms with Crippen LogP contribution in [0.4, 0.5) is 5.82 Å². The maximum Gasteiger partial charge on any atom is 0.226 e. The van der Waals surface area contributed by atoms with Crippen LogP contribution in [0.5, 0.6) is 0 Å². The zero-order valence-corrected chi connectivity index (χ0v) is 14.8. The van der Waals surface area contributed by atoms with Crippen LogP contribution in [0.25, 0.3) is 0 Å². The third-order valence-electron chi connectivity index (χ3n) is 5.49. The van der Waals surface area contributed by atoms with E-state index in [0.29, 0.717) is 6.04 Å². The molecule has 1 saturated carbocycles. The zero-order chi connectivity index (χ0) is 17.4. The number of hydrogen-bond donors (Lipinski definition) is 0. The molecule has 1 amide bonds. The van der Waals surface area contributed by atoms with Gasteiger partial charge in [-0.25, -0.2) is 0 Å². The van der Waals surface area contributed by atoms with Crippen molar-refractivity contribution in [3.8, 4) is 0 Å². The molecular formula is C19H24N4O2. The second kappa shape index (κ2) is 6.50. The Morgan fingerprint density at radius 2 is 2.04 bits per heavy atom. The lowest BCUT2D eigenvalue weighted by molar-refractivity contribution is -0.133. The molecule has 1 aliphatic heterocycles. The van der Waals surface area contributed by atoms with Crippen molar-refractivity contribution in [1.82, 2.24) is 15.1 Å². The van der Waals surface area contributed by atoms with Gasteiger partial charge in [0, 0.05) is 38.0 Å². The van der Waals surface area contributed by atoms with Crippen molar-refractivity contribution in [3.05, 3.63) is 42.0 Å². The molecule has 2 atom stereocenters. The van der Waals surface area contributed by atoms with Gasteiger partial charge < -0.3 is 14.2 Å². The number of carbonyl (C=O) groups is 1. The number of aromatic nitrogens is 2. The topological polar surface area (TPSA) is 62.5 Å². The zero-order valence-electron chi connectivity index (χ0n) is 14.8. The van der Waals surface area contributed by atoms with Crippen molar-refractivity contribution in [2.75, 3.05) is 25.0 Å². The molecule has 4 rings (SSSR count). The molecule has 132 valence electrons. The number of likely N-dealkylation sites (tertiary alicyclic amines) is 1. The highest BCUT2D eigenvalue weighted by molar-refractivity contribution is 5.83. The van der Waals surface area contributed by atoms with Crippen molar-refractivity contribution in [3.63, 3.8) is 0 Å². The minimum absolute atomic E-state index is 0.114. The summed E-state index contributed by atoms with van der Waals surface area (Å²) < 4.78 is 5.44. The molecule has 0 bridgehead atoms. The van der Waals surface area contributed by atoms with Crippen LogP contribution in [0.15, 0.2) is 34.9 Å². The second-order valence-corrected chi connectivity index (χ2v) is 7.16. The molecule has 0 unspecified atom stereocenters. The number of nitrogens with zero attached hydrogens (tertiary/aromatic N) is 4. The second-order valence-electron chi connectivity index (χ2n) is 7.16. The molecule has 25 heavy (non-hydrogen) atoms. The first-order valence-electron chi connectivity index (χ1n) is 8.99. The van der Waals surface area contributed by atoms with E-state index in [2.05, 4.69) is 22.1 Å². The van der Waals surface area contributed by atoms with E-state index in [0.717, 1.165) is 49.6 Å². The molecule has 0 radical (unpaired) electrons. The summed E-state index contributed by atoms with van der Waals surface area (Å²) in [6, 6.07) is 8.27. The van der Waals surface area contributed by atoms with E-state index in [4.69, 9.17) is 4.42 Å². The summed E-state index contributed by atoms with van der Waals surface area (Å²) in [5.41, 5.74) is 0.924. The maximum absolute atomic E-state index is 12.7. The molecule has 0 N–H and O–H groups in total. The Hall–Kier alpha value is -2.37. The average Bonchev–Trinajstić information content (AvgIpc) is 3.26. The van der Waals surface area contributed by atoms with Crippen LogP contribution in [-0.2, 0) is 4.79 Å². The van der Waals surface area contributed by atoms with Crippen molar-refractivity contribution in [2.45, 2.75) is 38.1 Å². The van der Waals surface area contributed by atoms with E-state index >= 15 is 0 Å².